The number of halogens is 1. The second kappa shape index (κ2) is 9.16. The minimum absolute atomic E-state index is 0.205. The fourth-order valence-electron chi connectivity index (χ4n) is 3.68. The molecule has 0 bridgehead atoms. The third kappa shape index (κ3) is 4.34. The third-order valence-corrected chi connectivity index (χ3v) is 6.68. The van der Waals surface area contributed by atoms with Crippen LogP contribution in [0.25, 0.3) is 16.6 Å². The molecule has 158 valence electrons. The van der Waals surface area contributed by atoms with E-state index < -0.39 is 0 Å². The number of rotatable bonds is 6. The van der Waals surface area contributed by atoms with Crippen molar-refractivity contribution < 1.29 is 9.53 Å². The molecule has 6 heteroatoms. The standard InChI is InChI=1S/C25H23ClN2O2S/c1-4-30-25(29)16(2)18-7-5-9-21(13-18)31-24-17(3)28(20-8-6-12-27-15-20)23-14-19(26)10-11-22(23)24/h5-16H,4H2,1-3H3. The van der Waals surface area contributed by atoms with Gasteiger partial charge in [0.2, 0.25) is 0 Å². The van der Waals surface area contributed by atoms with E-state index in [1.165, 1.54) is 0 Å². The van der Waals surface area contributed by atoms with E-state index in [4.69, 9.17) is 16.3 Å². The number of esters is 1. The molecule has 0 aliphatic rings. The van der Waals surface area contributed by atoms with Crippen molar-refractivity contribution >= 4 is 40.2 Å². The lowest BCUT2D eigenvalue weighted by Gasteiger charge is -2.12. The Kier molecular flexibility index (Phi) is 6.35. The van der Waals surface area contributed by atoms with Gasteiger partial charge in [0.15, 0.2) is 0 Å². The second-order valence-electron chi connectivity index (χ2n) is 7.27. The number of hydrogen-bond acceptors (Lipinski definition) is 4. The highest BCUT2D eigenvalue weighted by molar-refractivity contribution is 7.99. The first-order valence-corrected chi connectivity index (χ1v) is 11.3. The van der Waals surface area contributed by atoms with Crippen molar-refractivity contribution in [2.75, 3.05) is 6.61 Å². The van der Waals surface area contributed by atoms with Crippen molar-refractivity contribution in [3.63, 3.8) is 0 Å². The smallest absolute Gasteiger partial charge is 0.313 e. The summed E-state index contributed by atoms with van der Waals surface area (Å²) < 4.78 is 7.37. The summed E-state index contributed by atoms with van der Waals surface area (Å²) in [7, 11) is 0. The molecule has 1 unspecified atom stereocenters. The van der Waals surface area contributed by atoms with Gasteiger partial charge >= 0.3 is 5.97 Å². The van der Waals surface area contributed by atoms with Gasteiger partial charge in [0.1, 0.15) is 0 Å². The highest BCUT2D eigenvalue weighted by Crippen LogP contribution is 2.41. The van der Waals surface area contributed by atoms with Gasteiger partial charge in [-0.3, -0.25) is 9.78 Å². The molecule has 0 spiro atoms. The highest BCUT2D eigenvalue weighted by atomic mass is 35.5. The summed E-state index contributed by atoms with van der Waals surface area (Å²) in [5, 5.41) is 1.82. The van der Waals surface area contributed by atoms with Crippen LogP contribution in [0, 0.1) is 6.92 Å². The first-order chi connectivity index (χ1) is 15.0. The monoisotopic (exact) mass is 450 g/mol. The number of aromatic nitrogens is 2. The molecule has 4 aromatic rings. The average molecular weight is 451 g/mol. The molecular formula is C25H23ClN2O2S. The number of carbonyl (C=O) groups excluding carboxylic acids is 1. The fraction of sp³-hybridized carbons (Fsp3) is 0.200. The van der Waals surface area contributed by atoms with Gasteiger partial charge in [-0.1, -0.05) is 41.6 Å². The van der Waals surface area contributed by atoms with Gasteiger partial charge in [-0.25, -0.2) is 0 Å². The summed E-state index contributed by atoms with van der Waals surface area (Å²) in [6, 6.07) is 18.0. The van der Waals surface area contributed by atoms with E-state index in [0.29, 0.717) is 11.6 Å². The van der Waals surface area contributed by atoms with Crippen molar-refractivity contribution in [1.29, 1.82) is 0 Å². The van der Waals surface area contributed by atoms with Crippen molar-refractivity contribution in [3.8, 4) is 5.69 Å². The first-order valence-electron chi connectivity index (χ1n) is 10.1. The fourth-order valence-corrected chi connectivity index (χ4v) is 4.94. The quantitative estimate of drug-likeness (QED) is 0.303. The molecule has 0 saturated carbocycles. The predicted molar refractivity (Wildman–Crippen MR) is 126 cm³/mol. The number of hydrogen-bond donors (Lipinski definition) is 0. The zero-order valence-electron chi connectivity index (χ0n) is 17.6. The van der Waals surface area contributed by atoms with Gasteiger partial charge < -0.3 is 9.30 Å². The number of benzene rings is 2. The van der Waals surface area contributed by atoms with E-state index in [-0.39, 0.29) is 11.9 Å². The van der Waals surface area contributed by atoms with Crippen molar-refractivity contribution in [2.45, 2.75) is 36.5 Å². The molecule has 0 amide bonds. The molecule has 0 aliphatic carbocycles. The topological polar surface area (TPSA) is 44.1 Å². The lowest BCUT2D eigenvalue weighted by Crippen LogP contribution is -2.12. The third-order valence-electron chi connectivity index (χ3n) is 5.23. The molecule has 0 saturated heterocycles. The van der Waals surface area contributed by atoms with Gasteiger partial charge in [-0.15, -0.1) is 0 Å². The van der Waals surface area contributed by atoms with E-state index in [1.807, 2.05) is 56.4 Å². The molecule has 0 N–H and O–H groups in total. The number of fused-ring (bicyclic) bond motifs is 1. The van der Waals surface area contributed by atoms with Crippen LogP contribution >= 0.6 is 23.4 Å². The molecule has 4 rings (SSSR count). The normalized spacial score (nSPS) is 12.1. The van der Waals surface area contributed by atoms with Crippen LogP contribution in [-0.4, -0.2) is 22.1 Å². The van der Waals surface area contributed by atoms with Crippen LogP contribution in [0.2, 0.25) is 5.02 Å². The van der Waals surface area contributed by atoms with Crippen molar-refractivity contribution in [3.05, 3.63) is 83.3 Å². The summed E-state index contributed by atoms with van der Waals surface area (Å²) in [5.74, 6) is -0.513. The summed E-state index contributed by atoms with van der Waals surface area (Å²) in [6.07, 6.45) is 3.62. The Labute approximate surface area is 191 Å². The number of pyridine rings is 1. The lowest BCUT2D eigenvalue weighted by atomic mass is 10.0. The largest absolute Gasteiger partial charge is 0.466 e. The van der Waals surface area contributed by atoms with Crippen LogP contribution in [-0.2, 0) is 9.53 Å². The minimum Gasteiger partial charge on any atom is -0.466 e. The van der Waals surface area contributed by atoms with E-state index in [9.17, 15) is 4.79 Å². The predicted octanol–water partition coefficient (Wildman–Crippen LogP) is 6.81. The Hall–Kier alpha value is -2.76. The zero-order valence-corrected chi connectivity index (χ0v) is 19.2. The second-order valence-corrected chi connectivity index (χ2v) is 8.79. The van der Waals surface area contributed by atoms with Crippen LogP contribution in [0.3, 0.4) is 0 Å². The van der Waals surface area contributed by atoms with Crippen LogP contribution in [0.4, 0.5) is 0 Å². The summed E-state index contributed by atoms with van der Waals surface area (Å²) >= 11 is 8.02. The van der Waals surface area contributed by atoms with Crippen LogP contribution in [0.1, 0.15) is 31.0 Å². The SMILES string of the molecule is CCOC(=O)C(C)c1cccc(Sc2c(C)n(-c3cccnc3)c3cc(Cl)ccc23)c1. The summed E-state index contributed by atoms with van der Waals surface area (Å²) in [6.45, 7) is 6.19. The van der Waals surface area contributed by atoms with E-state index >= 15 is 0 Å². The van der Waals surface area contributed by atoms with Gasteiger partial charge in [0.05, 0.1) is 29.9 Å². The zero-order chi connectivity index (χ0) is 22.0. The summed E-state index contributed by atoms with van der Waals surface area (Å²) in [5.41, 5.74) is 4.08. The Morgan fingerprint density at radius 1 is 1.19 bits per heavy atom. The Morgan fingerprint density at radius 3 is 2.77 bits per heavy atom. The molecule has 0 fully saturated rings. The maximum atomic E-state index is 12.2. The van der Waals surface area contributed by atoms with Crippen LogP contribution < -0.4 is 0 Å². The lowest BCUT2D eigenvalue weighted by molar-refractivity contribution is -0.144. The molecule has 0 aliphatic heterocycles. The van der Waals surface area contributed by atoms with Crippen LogP contribution in [0.5, 0.6) is 0 Å². The van der Waals surface area contributed by atoms with Gasteiger partial charge in [-0.2, -0.15) is 0 Å². The van der Waals surface area contributed by atoms with Crippen molar-refractivity contribution in [1.82, 2.24) is 9.55 Å². The highest BCUT2D eigenvalue weighted by Gasteiger charge is 2.19. The van der Waals surface area contributed by atoms with E-state index in [0.717, 1.165) is 37.6 Å². The van der Waals surface area contributed by atoms with Gasteiger partial charge in [-0.05, 0) is 62.7 Å². The average Bonchev–Trinajstić information content (AvgIpc) is 3.04. The van der Waals surface area contributed by atoms with E-state index in [2.05, 4.69) is 34.7 Å². The molecular weight excluding hydrogens is 428 g/mol. The maximum Gasteiger partial charge on any atom is 0.313 e. The Balaban J connectivity index is 1.77. The number of nitrogens with zero attached hydrogens (tertiary/aromatic N) is 2. The molecule has 1 atom stereocenters. The minimum atomic E-state index is -0.308. The maximum absolute atomic E-state index is 12.2. The van der Waals surface area contributed by atoms with Gasteiger partial charge in [0, 0.05) is 32.1 Å². The number of carbonyl (C=O) groups is 1. The Bertz CT molecular complexity index is 1240. The molecule has 2 heterocycles. The van der Waals surface area contributed by atoms with Crippen molar-refractivity contribution in [2.24, 2.45) is 0 Å². The van der Waals surface area contributed by atoms with Crippen LogP contribution in [0.15, 0.2) is 76.8 Å². The molecule has 2 aromatic heterocycles. The molecule has 0 radical (unpaired) electrons. The number of ether oxygens (including phenoxy) is 1. The molecule has 31 heavy (non-hydrogen) atoms. The summed E-state index contributed by atoms with van der Waals surface area (Å²) in [4.78, 5) is 18.7. The van der Waals surface area contributed by atoms with Gasteiger partial charge in [0.25, 0.3) is 0 Å². The first kappa shape index (κ1) is 21.5. The Morgan fingerprint density at radius 2 is 2.03 bits per heavy atom. The molecule has 2 aromatic carbocycles. The molecule has 4 nitrogen and oxygen atoms in total. The van der Waals surface area contributed by atoms with E-state index in [1.54, 1.807) is 18.0 Å².